The van der Waals surface area contributed by atoms with Gasteiger partial charge in [0.2, 0.25) is 0 Å². The topological polar surface area (TPSA) is 107 Å². The first-order chi connectivity index (χ1) is 5.07. The molecule has 0 heterocycles. The standard InChI is InChI=1S/C5H10NO4P/c6-4(5(8)9)1-2-11(10)3-7/h2,4,7H,1,3,6H2,(H,8,9)/t4-/m0/s1. The molecule has 0 aliphatic heterocycles. The molecule has 6 heteroatoms. The van der Waals surface area contributed by atoms with Gasteiger partial charge in [0.1, 0.15) is 6.04 Å². The van der Waals surface area contributed by atoms with E-state index in [1.807, 2.05) is 0 Å². The second kappa shape index (κ2) is 5.21. The van der Waals surface area contributed by atoms with Gasteiger partial charge < -0.3 is 20.8 Å². The number of carbonyl (C=O) groups is 1. The van der Waals surface area contributed by atoms with Crippen LogP contribution < -0.4 is 10.6 Å². The molecule has 11 heavy (non-hydrogen) atoms. The Balaban J connectivity index is 3.78. The predicted octanol–water partition coefficient (Wildman–Crippen LogP) is -1.70. The lowest BCUT2D eigenvalue weighted by Gasteiger charge is -1.99. The molecule has 0 amide bonds. The van der Waals surface area contributed by atoms with E-state index < -0.39 is 26.1 Å². The Hall–Kier alpha value is -0.480. The largest absolute Gasteiger partial charge is 0.629 e. The molecule has 64 valence electrons. The van der Waals surface area contributed by atoms with Crippen molar-refractivity contribution >= 4 is 19.5 Å². The maximum absolute atomic E-state index is 10.5. The third kappa shape index (κ3) is 4.86. The van der Waals surface area contributed by atoms with Crippen molar-refractivity contribution in [3.8, 4) is 0 Å². The van der Waals surface area contributed by atoms with Crippen LogP contribution in [-0.4, -0.2) is 34.4 Å². The zero-order valence-electron chi connectivity index (χ0n) is 5.80. The molecule has 0 aliphatic rings. The fourth-order valence-electron chi connectivity index (χ4n) is 0.390. The van der Waals surface area contributed by atoms with Crippen molar-refractivity contribution in [2.75, 3.05) is 6.35 Å². The number of aliphatic hydroxyl groups is 1. The second-order valence-electron chi connectivity index (χ2n) is 1.92. The lowest BCUT2D eigenvalue weighted by atomic mass is 10.2. The first-order valence-corrected chi connectivity index (χ1v) is 4.45. The Bertz CT molecular complexity index is 170. The van der Waals surface area contributed by atoms with Crippen LogP contribution in [0.15, 0.2) is 0 Å². The third-order valence-electron chi connectivity index (χ3n) is 1.02. The minimum atomic E-state index is -1.80. The van der Waals surface area contributed by atoms with Crippen LogP contribution in [0.5, 0.6) is 0 Å². The minimum Gasteiger partial charge on any atom is -0.629 e. The molecule has 0 saturated heterocycles. The molecule has 0 aliphatic carbocycles. The molecule has 0 fully saturated rings. The summed E-state index contributed by atoms with van der Waals surface area (Å²) in [6.45, 7) is 0. The molecule has 0 aromatic carbocycles. The van der Waals surface area contributed by atoms with Crippen molar-refractivity contribution in [2.45, 2.75) is 12.5 Å². The van der Waals surface area contributed by atoms with E-state index in [2.05, 4.69) is 0 Å². The van der Waals surface area contributed by atoms with Gasteiger partial charge in [-0.2, -0.15) is 0 Å². The molecule has 0 aromatic heterocycles. The van der Waals surface area contributed by atoms with Crippen molar-refractivity contribution in [1.82, 2.24) is 0 Å². The highest BCUT2D eigenvalue weighted by Crippen LogP contribution is 2.06. The van der Waals surface area contributed by atoms with Crippen LogP contribution >= 0.6 is 7.77 Å². The SMILES string of the molecule is N[C@@H](C/C=[P+](\[O-])CO)C(=O)O. The Morgan fingerprint density at radius 2 is 2.36 bits per heavy atom. The van der Waals surface area contributed by atoms with Gasteiger partial charge in [-0.1, -0.05) is 0 Å². The lowest BCUT2D eigenvalue weighted by Crippen LogP contribution is -2.30. The Morgan fingerprint density at radius 1 is 1.82 bits per heavy atom. The molecule has 0 rings (SSSR count). The normalized spacial score (nSPS) is 14.6. The molecule has 0 spiro atoms. The molecule has 0 aromatic rings. The van der Waals surface area contributed by atoms with Crippen LogP contribution in [0, 0.1) is 0 Å². The smallest absolute Gasteiger partial charge is 0.320 e. The van der Waals surface area contributed by atoms with Crippen molar-refractivity contribution in [2.24, 2.45) is 5.73 Å². The van der Waals surface area contributed by atoms with Crippen LogP contribution in [0.2, 0.25) is 0 Å². The van der Waals surface area contributed by atoms with Gasteiger partial charge in [0.05, 0.1) is 13.6 Å². The molecular weight excluding hydrogens is 169 g/mol. The Kier molecular flexibility index (Phi) is 4.98. The van der Waals surface area contributed by atoms with Gasteiger partial charge in [-0.05, 0) is 0 Å². The average molecular weight is 179 g/mol. The van der Waals surface area contributed by atoms with E-state index in [4.69, 9.17) is 15.9 Å². The molecule has 4 N–H and O–H groups in total. The van der Waals surface area contributed by atoms with Gasteiger partial charge in [-0.3, -0.25) is 4.79 Å². The summed E-state index contributed by atoms with van der Waals surface area (Å²) in [5.41, 5.74) is 5.08. The third-order valence-corrected chi connectivity index (χ3v) is 1.92. The maximum Gasteiger partial charge on any atom is 0.320 e. The van der Waals surface area contributed by atoms with E-state index in [1.165, 1.54) is 5.80 Å². The van der Waals surface area contributed by atoms with Crippen LogP contribution in [0.3, 0.4) is 0 Å². The summed E-state index contributed by atoms with van der Waals surface area (Å²) < 4.78 is 0. The number of hydrogen-bond acceptors (Lipinski definition) is 4. The van der Waals surface area contributed by atoms with E-state index >= 15 is 0 Å². The van der Waals surface area contributed by atoms with Crippen molar-refractivity contribution < 1.29 is 19.9 Å². The van der Waals surface area contributed by atoms with Crippen molar-refractivity contribution in [1.29, 1.82) is 0 Å². The molecule has 0 radical (unpaired) electrons. The number of hydrogen-bond donors (Lipinski definition) is 3. The first-order valence-electron chi connectivity index (χ1n) is 2.94. The number of rotatable bonds is 4. The fraction of sp³-hybridized carbons (Fsp3) is 0.600. The van der Waals surface area contributed by atoms with Crippen LogP contribution in [0.4, 0.5) is 0 Å². The average Bonchev–Trinajstić information content (AvgIpc) is 1.99. The van der Waals surface area contributed by atoms with Crippen LogP contribution in [0.1, 0.15) is 6.42 Å². The highest BCUT2D eigenvalue weighted by molar-refractivity contribution is 7.49. The zero-order chi connectivity index (χ0) is 8.85. The van der Waals surface area contributed by atoms with Gasteiger partial charge in [-0.15, -0.1) is 0 Å². The maximum atomic E-state index is 10.5. The zero-order valence-corrected chi connectivity index (χ0v) is 6.70. The summed E-state index contributed by atoms with van der Waals surface area (Å²) >= 11 is 0. The Labute approximate surface area is 64.9 Å². The van der Waals surface area contributed by atoms with E-state index in [0.29, 0.717) is 0 Å². The number of aliphatic hydroxyl groups excluding tert-OH is 1. The van der Waals surface area contributed by atoms with Crippen molar-refractivity contribution in [3.05, 3.63) is 0 Å². The summed E-state index contributed by atoms with van der Waals surface area (Å²) in [6.07, 6.45) is -0.438. The molecule has 5 nitrogen and oxygen atoms in total. The summed E-state index contributed by atoms with van der Waals surface area (Å²) in [7, 11) is -1.80. The molecule has 2 atom stereocenters. The quantitative estimate of drug-likeness (QED) is 0.446. The van der Waals surface area contributed by atoms with Crippen LogP contribution in [-0.2, 0) is 4.79 Å². The number of carboxylic acids is 1. The summed E-state index contributed by atoms with van der Waals surface area (Å²) in [5, 5.41) is 16.5. The number of nitrogens with two attached hydrogens (primary N) is 1. The second-order valence-corrected chi connectivity index (χ2v) is 3.40. The van der Waals surface area contributed by atoms with E-state index in [0.717, 1.165) is 0 Å². The molecule has 1 unspecified atom stereocenters. The van der Waals surface area contributed by atoms with Crippen LogP contribution in [0.25, 0.3) is 0 Å². The Morgan fingerprint density at radius 3 is 2.73 bits per heavy atom. The molecular formula is C5H10NO4P. The fourth-order valence-corrected chi connectivity index (χ4v) is 0.967. The summed E-state index contributed by atoms with van der Waals surface area (Å²) in [5.74, 6) is 0.0799. The summed E-state index contributed by atoms with van der Waals surface area (Å²) in [6, 6.07) is -1.03. The monoisotopic (exact) mass is 179 g/mol. The van der Waals surface area contributed by atoms with Gasteiger partial charge in [0.25, 0.3) is 0 Å². The summed E-state index contributed by atoms with van der Waals surface area (Å²) in [4.78, 5) is 20.6. The van der Waals surface area contributed by atoms with Gasteiger partial charge >= 0.3 is 5.97 Å². The first kappa shape index (κ1) is 10.5. The van der Waals surface area contributed by atoms with Gasteiger partial charge in [0.15, 0.2) is 6.35 Å². The molecule has 0 bridgehead atoms. The van der Waals surface area contributed by atoms with E-state index in [-0.39, 0.29) is 6.42 Å². The lowest BCUT2D eigenvalue weighted by molar-refractivity contribution is -0.155. The van der Waals surface area contributed by atoms with Crippen molar-refractivity contribution in [3.63, 3.8) is 0 Å². The highest BCUT2D eigenvalue weighted by atomic mass is 31.1. The van der Waals surface area contributed by atoms with E-state index in [9.17, 15) is 9.69 Å². The highest BCUT2D eigenvalue weighted by Gasteiger charge is 2.10. The van der Waals surface area contributed by atoms with Gasteiger partial charge in [0, 0.05) is 6.42 Å². The predicted molar refractivity (Wildman–Crippen MR) is 40.3 cm³/mol. The number of carboxylic acid groups (broad SMARTS) is 1. The number of aliphatic carboxylic acids is 1. The minimum absolute atomic E-state index is 0.0189. The van der Waals surface area contributed by atoms with Gasteiger partial charge in [-0.25, -0.2) is 0 Å². The van der Waals surface area contributed by atoms with E-state index in [1.54, 1.807) is 0 Å². The molecule has 0 saturated carbocycles.